The standard InChI is InChI=1S/C17H20ClN3O3/c1-2-24-17(23)13-4-3-7-21(10-13)11-16(22)20-14-6-5-12(9-19)15(18)8-14/h5-6,8,13H,2-4,7,10-11H2,1H3,(H,20,22)/p+1/t13-/m1/s1. The molecule has 0 spiro atoms. The third kappa shape index (κ3) is 4.95. The highest BCUT2D eigenvalue weighted by Crippen LogP contribution is 2.20. The highest BCUT2D eigenvalue weighted by Gasteiger charge is 2.30. The van der Waals surface area contributed by atoms with Gasteiger partial charge in [-0.15, -0.1) is 0 Å². The van der Waals surface area contributed by atoms with Crippen LogP contribution in [0, 0.1) is 17.2 Å². The highest BCUT2D eigenvalue weighted by atomic mass is 35.5. The molecule has 1 saturated heterocycles. The molecule has 0 aliphatic carbocycles. The van der Waals surface area contributed by atoms with Crippen molar-refractivity contribution in [2.24, 2.45) is 5.92 Å². The van der Waals surface area contributed by atoms with Crippen molar-refractivity contribution in [3.63, 3.8) is 0 Å². The Morgan fingerprint density at radius 2 is 2.29 bits per heavy atom. The average molecular weight is 351 g/mol. The van der Waals surface area contributed by atoms with Gasteiger partial charge in [0.2, 0.25) is 0 Å². The quantitative estimate of drug-likeness (QED) is 0.776. The lowest BCUT2D eigenvalue weighted by Gasteiger charge is -2.28. The van der Waals surface area contributed by atoms with Crippen molar-refractivity contribution in [2.75, 3.05) is 31.6 Å². The zero-order valence-corrected chi connectivity index (χ0v) is 14.4. The van der Waals surface area contributed by atoms with Crippen LogP contribution in [-0.4, -0.2) is 38.1 Å². The van der Waals surface area contributed by atoms with E-state index in [4.69, 9.17) is 21.6 Å². The number of anilines is 1. The maximum Gasteiger partial charge on any atom is 0.314 e. The minimum atomic E-state index is -0.172. The van der Waals surface area contributed by atoms with Crippen LogP contribution >= 0.6 is 11.6 Å². The number of nitriles is 1. The van der Waals surface area contributed by atoms with Gasteiger partial charge in [0, 0.05) is 5.69 Å². The van der Waals surface area contributed by atoms with Gasteiger partial charge in [0.05, 0.1) is 30.3 Å². The number of likely N-dealkylation sites (tertiary alicyclic amines) is 1. The minimum Gasteiger partial charge on any atom is -0.466 e. The second-order valence-electron chi connectivity index (χ2n) is 5.83. The Morgan fingerprint density at radius 3 is 2.96 bits per heavy atom. The van der Waals surface area contributed by atoms with Crippen molar-refractivity contribution in [2.45, 2.75) is 19.8 Å². The number of hydrogen-bond donors (Lipinski definition) is 2. The van der Waals surface area contributed by atoms with E-state index in [0.717, 1.165) is 24.3 Å². The summed E-state index contributed by atoms with van der Waals surface area (Å²) in [5.41, 5.74) is 0.927. The first-order chi connectivity index (χ1) is 11.5. The molecule has 1 aliphatic rings. The SMILES string of the molecule is CCOC(=O)[C@@H]1CCC[NH+](CC(=O)Nc2ccc(C#N)c(Cl)c2)C1. The molecular formula is C17H21ClN3O3+. The van der Waals surface area contributed by atoms with E-state index < -0.39 is 0 Å². The van der Waals surface area contributed by atoms with Gasteiger partial charge in [-0.25, -0.2) is 0 Å². The maximum atomic E-state index is 12.2. The molecule has 0 radical (unpaired) electrons. The first-order valence-electron chi connectivity index (χ1n) is 8.03. The molecule has 1 heterocycles. The summed E-state index contributed by atoms with van der Waals surface area (Å²) in [5, 5.41) is 11.9. The molecule has 0 aromatic heterocycles. The van der Waals surface area contributed by atoms with Crippen LogP contribution in [0.4, 0.5) is 5.69 Å². The van der Waals surface area contributed by atoms with E-state index in [-0.39, 0.29) is 24.3 Å². The highest BCUT2D eigenvalue weighted by molar-refractivity contribution is 6.32. The van der Waals surface area contributed by atoms with Gasteiger partial charge in [-0.05, 0) is 38.0 Å². The molecule has 1 aromatic carbocycles. The third-order valence-corrected chi connectivity index (χ3v) is 4.33. The molecule has 24 heavy (non-hydrogen) atoms. The first-order valence-corrected chi connectivity index (χ1v) is 8.41. The van der Waals surface area contributed by atoms with E-state index in [0.29, 0.717) is 29.4 Å². The van der Waals surface area contributed by atoms with Crippen molar-refractivity contribution in [1.29, 1.82) is 5.26 Å². The number of nitrogens with zero attached hydrogens (tertiary/aromatic N) is 1. The smallest absolute Gasteiger partial charge is 0.314 e. The molecule has 2 N–H and O–H groups in total. The van der Waals surface area contributed by atoms with E-state index in [1.807, 2.05) is 6.07 Å². The number of piperidine rings is 1. The fourth-order valence-electron chi connectivity index (χ4n) is 2.89. The molecule has 6 nitrogen and oxygen atoms in total. The first kappa shape index (κ1) is 18.2. The van der Waals surface area contributed by atoms with Crippen LogP contribution in [0.15, 0.2) is 18.2 Å². The summed E-state index contributed by atoms with van der Waals surface area (Å²) in [5.74, 6) is -0.449. The lowest BCUT2D eigenvalue weighted by Crippen LogP contribution is -3.14. The molecule has 1 fully saturated rings. The predicted octanol–water partition coefficient (Wildman–Crippen LogP) is 1.01. The fraction of sp³-hybridized carbons (Fsp3) is 0.471. The van der Waals surface area contributed by atoms with Crippen LogP contribution in [0.2, 0.25) is 5.02 Å². The average Bonchev–Trinajstić information content (AvgIpc) is 2.55. The number of amides is 1. The Morgan fingerprint density at radius 1 is 1.50 bits per heavy atom. The number of benzene rings is 1. The zero-order chi connectivity index (χ0) is 17.5. The Labute approximate surface area is 146 Å². The number of rotatable bonds is 5. The van der Waals surface area contributed by atoms with E-state index in [2.05, 4.69) is 5.32 Å². The van der Waals surface area contributed by atoms with Gasteiger partial charge in [-0.3, -0.25) is 9.59 Å². The van der Waals surface area contributed by atoms with Gasteiger partial charge < -0.3 is 15.0 Å². The molecule has 7 heteroatoms. The number of quaternary nitrogens is 1. The Balaban J connectivity index is 1.89. The van der Waals surface area contributed by atoms with Crippen LogP contribution in [0.3, 0.4) is 0 Å². The summed E-state index contributed by atoms with van der Waals surface area (Å²) in [4.78, 5) is 25.1. The molecule has 128 valence electrons. The molecule has 0 bridgehead atoms. The second-order valence-corrected chi connectivity index (χ2v) is 6.23. The number of hydrogen-bond acceptors (Lipinski definition) is 4. The minimum absolute atomic E-state index is 0.133. The number of nitrogens with one attached hydrogen (secondary N) is 2. The molecule has 1 aliphatic heterocycles. The normalized spacial score (nSPS) is 20.0. The van der Waals surface area contributed by atoms with Crippen molar-refractivity contribution in [3.05, 3.63) is 28.8 Å². The van der Waals surface area contributed by atoms with Crippen LogP contribution in [0.5, 0.6) is 0 Å². The Hall–Kier alpha value is -2.10. The lowest BCUT2D eigenvalue weighted by atomic mass is 9.98. The monoisotopic (exact) mass is 350 g/mol. The van der Waals surface area contributed by atoms with Crippen LogP contribution in [0.25, 0.3) is 0 Å². The van der Waals surface area contributed by atoms with Gasteiger partial charge in [-0.2, -0.15) is 5.26 Å². The zero-order valence-electron chi connectivity index (χ0n) is 13.6. The van der Waals surface area contributed by atoms with Crippen LogP contribution in [-0.2, 0) is 14.3 Å². The van der Waals surface area contributed by atoms with Gasteiger partial charge in [0.15, 0.2) is 6.54 Å². The lowest BCUT2D eigenvalue weighted by molar-refractivity contribution is -0.899. The maximum absolute atomic E-state index is 12.2. The summed E-state index contributed by atoms with van der Waals surface area (Å²) in [7, 11) is 0. The van der Waals surface area contributed by atoms with Gasteiger partial charge in [0.1, 0.15) is 12.0 Å². The molecule has 1 amide bonds. The summed E-state index contributed by atoms with van der Waals surface area (Å²) < 4.78 is 5.07. The Bertz CT molecular complexity index is 657. The molecule has 1 aromatic rings. The molecule has 2 rings (SSSR count). The summed E-state index contributed by atoms with van der Waals surface area (Å²) in [6, 6.07) is 6.76. The molecule has 0 saturated carbocycles. The predicted molar refractivity (Wildman–Crippen MR) is 89.7 cm³/mol. The van der Waals surface area contributed by atoms with E-state index in [9.17, 15) is 9.59 Å². The van der Waals surface area contributed by atoms with Crippen molar-refractivity contribution in [1.82, 2.24) is 0 Å². The molecule has 1 unspecified atom stereocenters. The topological polar surface area (TPSA) is 83.6 Å². The van der Waals surface area contributed by atoms with Crippen LogP contribution in [0.1, 0.15) is 25.3 Å². The summed E-state index contributed by atoms with van der Waals surface area (Å²) >= 11 is 5.96. The second kappa shape index (κ2) is 8.67. The van der Waals surface area contributed by atoms with E-state index in [1.54, 1.807) is 25.1 Å². The number of ether oxygens (including phenoxy) is 1. The third-order valence-electron chi connectivity index (χ3n) is 4.02. The number of esters is 1. The summed E-state index contributed by atoms with van der Waals surface area (Å²) in [6.07, 6.45) is 1.71. The summed E-state index contributed by atoms with van der Waals surface area (Å²) in [6.45, 7) is 3.93. The van der Waals surface area contributed by atoms with Crippen molar-refractivity contribution < 1.29 is 19.2 Å². The largest absolute Gasteiger partial charge is 0.466 e. The van der Waals surface area contributed by atoms with Gasteiger partial charge in [-0.1, -0.05) is 11.6 Å². The van der Waals surface area contributed by atoms with E-state index in [1.165, 1.54) is 0 Å². The van der Waals surface area contributed by atoms with Gasteiger partial charge in [0.25, 0.3) is 5.91 Å². The van der Waals surface area contributed by atoms with Crippen molar-refractivity contribution in [3.8, 4) is 6.07 Å². The number of carbonyl (C=O) groups is 2. The molecular weight excluding hydrogens is 330 g/mol. The number of halogens is 1. The Kier molecular flexibility index (Phi) is 6.59. The molecule has 2 atom stereocenters. The fourth-order valence-corrected chi connectivity index (χ4v) is 3.11. The van der Waals surface area contributed by atoms with Crippen LogP contribution < -0.4 is 10.2 Å². The number of carbonyl (C=O) groups excluding carboxylic acids is 2. The van der Waals surface area contributed by atoms with Crippen molar-refractivity contribution >= 4 is 29.2 Å². The van der Waals surface area contributed by atoms with E-state index >= 15 is 0 Å². The van der Waals surface area contributed by atoms with Gasteiger partial charge >= 0.3 is 5.97 Å².